The molecule has 2 heterocycles. The van der Waals surface area contributed by atoms with Gasteiger partial charge in [-0.25, -0.2) is 0 Å². The minimum atomic E-state index is -2.31. The molecule has 0 amide bonds. The summed E-state index contributed by atoms with van der Waals surface area (Å²) < 4.78 is 53.0. The van der Waals surface area contributed by atoms with Crippen LogP contribution in [0.1, 0.15) is 19.4 Å². The van der Waals surface area contributed by atoms with Gasteiger partial charge in [0, 0.05) is 30.8 Å². The van der Waals surface area contributed by atoms with Crippen molar-refractivity contribution in [2.24, 2.45) is 0 Å². The number of hydrogen-bond acceptors (Lipinski definition) is 2. The molecule has 130 valence electrons. The van der Waals surface area contributed by atoms with Gasteiger partial charge in [-0.3, -0.25) is 4.98 Å². The average Bonchev–Trinajstić information content (AvgIpc) is 3.16. The fraction of sp³-hybridized carbons (Fsp3) is 0.0800. The number of furan rings is 1. The van der Waals surface area contributed by atoms with Gasteiger partial charge in [0.15, 0.2) is 0 Å². The topological polar surface area (TPSA) is 26.0 Å². The van der Waals surface area contributed by atoms with Gasteiger partial charge in [0.25, 0.3) is 0 Å². The first-order valence-corrected chi connectivity index (χ1v) is 8.65. The molecule has 2 nitrogen and oxygen atoms in total. The Labute approximate surface area is 166 Å². The van der Waals surface area contributed by atoms with Gasteiger partial charge in [0.1, 0.15) is 11.2 Å². The predicted octanol–water partition coefficient (Wildman–Crippen LogP) is 6.93. The van der Waals surface area contributed by atoms with Gasteiger partial charge in [-0.2, -0.15) is 0 Å². The lowest BCUT2D eigenvalue weighted by Gasteiger charge is -2.09. The van der Waals surface area contributed by atoms with Crippen LogP contribution in [0.4, 0.5) is 0 Å². The molecule has 0 fully saturated rings. The highest BCUT2D eigenvalue weighted by atomic mass is 16.3. The molecule has 5 aromatic rings. The summed E-state index contributed by atoms with van der Waals surface area (Å²) in [6.07, 6.45) is 1.40. The fourth-order valence-corrected chi connectivity index (χ4v) is 3.46. The molecule has 0 bridgehead atoms. The summed E-state index contributed by atoms with van der Waals surface area (Å²) in [4.78, 5) is 4.47. The summed E-state index contributed by atoms with van der Waals surface area (Å²) in [5.74, 6) is 0. The third-order valence-electron chi connectivity index (χ3n) is 4.76. The first kappa shape index (κ1) is 10.7. The third-order valence-corrected chi connectivity index (χ3v) is 4.76. The molecule has 5 rings (SSSR count). The molecule has 0 spiro atoms. The summed E-state index contributed by atoms with van der Waals surface area (Å²) in [7, 11) is 0. The highest BCUT2D eigenvalue weighted by Gasteiger charge is 2.14. The van der Waals surface area contributed by atoms with Crippen molar-refractivity contribution in [2.45, 2.75) is 13.7 Å². The number of pyridine rings is 1. The van der Waals surface area contributed by atoms with Gasteiger partial charge in [0.2, 0.25) is 0 Å². The van der Waals surface area contributed by atoms with Crippen molar-refractivity contribution in [3.8, 4) is 22.4 Å². The largest absolute Gasteiger partial charge is 0.455 e. The number of aromatic nitrogens is 1. The standard InChI is InChI=1S/C25H19NO/c1-16-11-12-19-20-9-6-10-21(25(20)27-24(19)13-16)23-14-22(17(2)15-26-23)18-7-4-3-5-8-18/h3-15H,1-2H3/i1D3,2D3. The van der Waals surface area contributed by atoms with Crippen LogP contribution >= 0.6 is 0 Å². The van der Waals surface area contributed by atoms with Crippen LogP contribution in [-0.4, -0.2) is 4.98 Å². The lowest BCUT2D eigenvalue weighted by atomic mass is 9.99. The predicted molar refractivity (Wildman–Crippen MR) is 112 cm³/mol. The van der Waals surface area contributed by atoms with E-state index in [1.54, 1.807) is 24.3 Å². The average molecular weight is 355 g/mol. The summed E-state index contributed by atoms with van der Waals surface area (Å²) in [6.45, 7) is -4.54. The molecule has 2 heteroatoms. The number of rotatable bonds is 2. The second-order valence-electron chi connectivity index (χ2n) is 6.48. The van der Waals surface area contributed by atoms with Crippen molar-refractivity contribution in [3.63, 3.8) is 0 Å². The van der Waals surface area contributed by atoms with Gasteiger partial charge in [-0.1, -0.05) is 54.6 Å². The summed E-state index contributed by atoms with van der Waals surface area (Å²) in [5, 5.41) is 1.64. The summed E-state index contributed by atoms with van der Waals surface area (Å²) in [6, 6.07) is 21.7. The SMILES string of the molecule is [2H]C([2H])([2H])c1ccc2c(c1)oc1c(-c3cc(-c4ccccc4)c(C([2H])([2H])[2H])cn3)cccc12. The molecular weight excluding hydrogens is 330 g/mol. The van der Waals surface area contributed by atoms with Crippen LogP contribution in [0.25, 0.3) is 44.3 Å². The van der Waals surface area contributed by atoms with Crippen LogP contribution in [0.5, 0.6) is 0 Å². The molecule has 0 saturated carbocycles. The van der Waals surface area contributed by atoms with Crippen LogP contribution in [0.15, 0.2) is 83.4 Å². The molecule has 0 aliphatic rings. The Balaban J connectivity index is 1.74. The summed E-state index contributed by atoms with van der Waals surface area (Å²) in [5.41, 5.74) is 4.08. The Morgan fingerprint density at radius 2 is 1.74 bits per heavy atom. The van der Waals surface area contributed by atoms with Crippen LogP contribution in [0, 0.1) is 13.7 Å². The van der Waals surface area contributed by atoms with Gasteiger partial charge >= 0.3 is 0 Å². The molecular formula is C25H19NO. The Morgan fingerprint density at radius 3 is 2.59 bits per heavy atom. The number of para-hydroxylation sites is 1. The van der Waals surface area contributed by atoms with E-state index in [9.17, 15) is 0 Å². The molecule has 0 radical (unpaired) electrons. The second-order valence-corrected chi connectivity index (χ2v) is 6.48. The highest BCUT2D eigenvalue weighted by Crippen LogP contribution is 2.36. The molecule has 0 N–H and O–H groups in total. The van der Waals surface area contributed by atoms with Crippen molar-refractivity contribution in [1.29, 1.82) is 0 Å². The number of hydrogen-bond donors (Lipinski definition) is 0. The number of nitrogens with zero attached hydrogens (tertiary/aromatic N) is 1. The first-order valence-electron chi connectivity index (χ1n) is 11.6. The van der Waals surface area contributed by atoms with E-state index in [4.69, 9.17) is 12.6 Å². The van der Waals surface area contributed by atoms with Gasteiger partial charge < -0.3 is 4.42 Å². The Bertz CT molecular complexity index is 1480. The van der Waals surface area contributed by atoms with E-state index in [-0.39, 0.29) is 11.1 Å². The maximum absolute atomic E-state index is 7.94. The molecule has 0 aliphatic carbocycles. The molecule has 2 aromatic heterocycles. The molecule has 0 atom stereocenters. The highest BCUT2D eigenvalue weighted by molar-refractivity contribution is 6.09. The monoisotopic (exact) mass is 355 g/mol. The van der Waals surface area contributed by atoms with E-state index in [1.807, 2.05) is 48.5 Å². The minimum absolute atomic E-state index is 0.177. The van der Waals surface area contributed by atoms with E-state index in [1.165, 1.54) is 6.20 Å². The molecule has 27 heavy (non-hydrogen) atoms. The Morgan fingerprint density at radius 1 is 0.815 bits per heavy atom. The van der Waals surface area contributed by atoms with Crippen molar-refractivity contribution < 1.29 is 12.6 Å². The third kappa shape index (κ3) is 2.61. The summed E-state index contributed by atoms with van der Waals surface area (Å²) >= 11 is 0. The molecule has 0 unspecified atom stereocenters. The van der Waals surface area contributed by atoms with Gasteiger partial charge in [-0.05, 0) is 54.2 Å². The smallest absolute Gasteiger partial charge is 0.144 e. The number of aryl methyl sites for hydroxylation is 2. The molecule has 3 aromatic carbocycles. The van der Waals surface area contributed by atoms with Crippen LogP contribution in [0.2, 0.25) is 0 Å². The normalized spacial score (nSPS) is 15.6. The Kier molecular flexibility index (Phi) is 2.41. The first-order chi connectivity index (χ1) is 15.6. The van der Waals surface area contributed by atoms with Crippen molar-refractivity contribution >= 4 is 21.9 Å². The zero-order valence-electron chi connectivity index (χ0n) is 20.4. The van der Waals surface area contributed by atoms with E-state index in [0.29, 0.717) is 28.0 Å². The maximum atomic E-state index is 7.94. The number of benzene rings is 3. The number of fused-ring (bicyclic) bond motifs is 3. The Hall–Kier alpha value is -3.39. The lowest BCUT2D eigenvalue weighted by molar-refractivity contribution is 0.669. The zero-order valence-corrected chi connectivity index (χ0v) is 14.4. The lowest BCUT2D eigenvalue weighted by Crippen LogP contribution is -1.90. The zero-order chi connectivity index (χ0) is 23.4. The van der Waals surface area contributed by atoms with Crippen molar-refractivity contribution in [3.05, 3.63) is 90.1 Å². The molecule has 0 saturated heterocycles. The van der Waals surface area contributed by atoms with E-state index in [0.717, 1.165) is 16.3 Å². The van der Waals surface area contributed by atoms with Crippen LogP contribution in [-0.2, 0) is 0 Å². The maximum Gasteiger partial charge on any atom is 0.144 e. The van der Waals surface area contributed by atoms with Crippen LogP contribution < -0.4 is 0 Å². The van der Waals surface area contributed by atoms with Crippen LogP contribution in [0.3, 0.4) is 0 Å². The van der Waals surface area contributed by atoms with Gasteiger partial charge in [-0.15, -0.1) is 0 Å². The van der Waals surface area contributed by atoms with E-state index in [2.05, 4.69) is 4.98 Å². The van der Waals surface area contributed by atoms with Crippen molar-refractivity contribution in [2.75, 3.05) is 0 Å². The molecule has 0 aliphatic heterocycles. The van der Waals surface area contributed by atoms with Crippen molar-refractivity contribution in [1.82, 2.24) is 4.98 Å². The van der Waals surface area contributed by atoms with E-state index < -0.39 is 13.7 Å². The fourth-order valence-electron chi connectivity index (χ4n) is 3.46. The minimum Gasteiger partial charge on any atom is -0.455 e. The quantitative estimate of drug-likeness (QED) is 0.343. The van der Waals surface area contributed by atoms with Gasteiger partial charge in [0.05, 0.1) is 5.69 Å². The second kappa shape index (κ2) is 6.10. The van der Waals surface area contributed by atoms with E-state index >= 15 is 0 Å².